The first-order chi connectivity index (χ1) is 11.8. The zero-order valence-electron chi connectivity index (χ0n) is 13.1. The van der Waals surface area contributed by atoms with Crippen molar-refractivity contribution in [3.63, 3.8) is 0 Å². The van der Waals surface area contributed by atoms with Gasteiger partial charge < -0.3 is 15.3 Å². The summed E-state index contributed by atoms with van der Waals surface area (Å²) >= 11 is 0. The molecule has 0 atom stereocenters. The van der Waals surface area contributed by atoms with E-state index in [1.807, 2.05) is 54.6 Å². The second-order valence-corrected chi connectivity index (χ2v) is 4.91. The number of ether oxygens (including phenoxy) is 1. The average molecular weight is 322 g/mol. The van der Waals surface area contributed by atoms with E-state index in [9.17, 15) is 4.79 Å². The normalized spacial score (nSPS) is 10.0. The highest BCUT2D eigenvalue weighted by atomic mass is 16.5. The van der Waals surface area contributed by atoms with Crippen LogP contribution in [0, 0.1) is 11.8 Å². The number of carbonyl (C=O) groups excluding carboxylic acids is 1. The molecule has 0 saturated heterocycles. The van der Waals surface area contributed by atoms with E-state index in [2.05, 4.69) is 22.3 Å². The summed E-state index contributed by atoms with van der Waals surface area (Å²) in [5.74, 6) is 5.96. The van der Waals surface area contributed by atoms with Crippen molar-refractivity contribution in [3.8, 4) is 11.8 Å². The Labute approximate surface area is 141 Å². The van der Waals surface area contributed by atoms with Gasteiger partial charge >= 0.3 is 6.09 Å². The van der Waals surface area contributed by atoms with E-state index in [1.54, 1.807) is 0 Å². The predicted molar refractivity (Wildman–Crippen MR) is 91.9 cm³/mol. The Kier molecular flexibility index (Phi) is 6.91. The van der Waals surface area contributed by atoms with Crippen LogP contribution in [0.4, 0.5) is 4.79 Å². The zero-order valence-corrected chi connectivity index (χ0v) is 13.1. The summed E-state index contributed by atoms with van der Waals surface area (Å²) in [6.07, 6.45) is 1.40. The summed E-state index contributed by atoms with van der Waals surface area (Å²) in [4.78, 5) is 11.5. The number of benzene rings is 2. The second-order valence-electron chi connectivity index (χ2n) is 4.91. The lowest BCUT2D eigenvalue weighted by atomic mass is 10.1. The molecule has 5 heteroatoms. The molecule has 5 nitrogen and oxygen atoms in total. The van der Waals surface area contributed by atoms with E-state index in [0.717, 1.165) is 16.7 Å². The summed E-state index contributed by atoms with van der Waals surface area (Å²) in [5, 5.41) is 14.1. The van der Waals surface area contributed by atoms with Crippen molar-refractivity contribution in [1.29, 1.82) is 0 Å². The van der Waals surface area contributed by atoms with Crippen LogP contribution in [0.15, 0.2) is 59.8 Å². The smallest absolute Gasteiger partial charge is 0.407 e. The molecule has 0 radical (unpaired) electrons. The quantitative estimate of drug-likeness (QED) is 0.292. The van der Waals surface area contributed by atoms with Gasteiger partial charge in [-0.25, -0.2) is 4.79 Å². The van der Waals surface area contributed by atoms with Crippen molar-refractivity contribution in [2.45, 2.75) is 13.0 Å². The molecule has 0 spiro atoms. The van der Waals surface area contributed by atoms with Crippen LogP contribution in [0.2, 0.25) is 0 Å². The molecule has 122 valence electrons. The van der Waals surface area contributed by atoms with E-state index < -0.39 is 6.09 Å². The lowest BCUT2D eigenvalue weighted by Crippen LogP contribution is -2.24. The van der Waals surface area contributed by atoms with Gasteiger partial charge in [0.15, 0.2) is 0 Å². The predicted octanol–water partition coefficient (Wildman–Crippen LogP) is 3.16. The molecule has 2 aromatic rings. The monoisotopic (exact) mass is 322 g/mol. The van der Waals surface area contributed by atoms with Gasteiger partial charge in [0, 0.05) is 18.5 Å². The van der Waals surface area contributed by atoms with Gasteiger partial charge in [0.2, 0.25) is 0 Å². The average Bonchev–Trinajstić information content (AvgIpc) is 2.61. The maximum absolute atomic E-state index is 11.5. The summed E-state index contributed by atoms with van der Waals surface area (Å²) in [7, 11) is 0. The Balaban J connectivity index is 1.69. The minimum absolute atomic E-state index is 0.248. The Morgan fingerprint density at radius 2 is 2.04 bits per heavy atom. The maximum atomic E-state index is 11.5. The highest BCUT2D eigenvalue weighted by Gasteiger charge is 2.00. The highest BCUT2D eigenvalue weighted by molar-refractivity contribution is 5.79. The number of hydrogen-bond donors (Lipinski definition) is 2. The summed E-state index contributed by atoms with van der Waals surface area (Å²) in [6, 6.07) is 16.8. The van der Waals surface area contributed by atoms with Crippen LogP contribution >= 0.6 is 0 Å². The molecule has 0 fully saturated rings. The van der Waals surface area contributed by atoms with E-state index >= 15 is 0 Å². The van der Waals surface area contributed by atoms with Crippen molar-refractivity contribution in [1.82, 2.24) is 5.32 Å². The molecule has 0 aliphatic rings. The SMILES string of the molecule is O=C(NCCC#Cc1cccc(C=NO)c1)OCc1ccccc1. The summed E-state index contributed by atoms with van der Waals surface area (Å²) in [5.41, 5.74) is 2.53. The van der Waals surface area contributed by atoms with Crippen LogP contribution in [0.5, 0.6) is 0 Å². The van der Waals surface area contributed by atoms with Gasteiger partial charge in [-0.15, -0.1) is 0 Å². The number of nitrogens with one attached hydrogen (secondary N) is 1. The van der Waals surface area contributed by atoms with Gasteiger partial charge in [-0.05, 0) is 23.3 Å². The first kappa shape index (κ1) is 17.1. The fourth-order valence-corrected chi connectivity index (χ4v) is 1.93. The molecule has 2 rings (SSSR count). The molecule has 0 aliphatic heterocycles. The van der Waals surface area contributed by atoms with E-state index in [4.69, 9.17) is 9.94 Å². The third-order valence-electron chi connectivity index (χ3n) is 3.06. The molecule has 24 heavy (non-hydrogen) atoms. The van der Waals surface area contributed by atoms with Gasteiger partial charge in [-0.1, -0.05) is 59.5 Å². The van der Waals surface area contributed by atoms with Crippen LogP contribution in [-0.4, -0.2) is 24.1 Å². The van der Waals surface area contributed by atoms with Crippen molar-refractivity contribution in [3.05, 3.63) is 71.3 Å². The van der Waals surface area contributed by atoms with Gasteiger partial charge in [0.25, 0.3) is 0 Å². The first-order valence-electron chi connectivity index (χ1n) is 7.49. The standard InChI is InChI=1S/C19H18N2O3/c22-19(24-15-17-8-2-1-3-9-17)20-12-5-4-7-16-10-6-11-18(13-16)14-21-23/h1-3,6,8-11,13-14,23H,5,12,15H2,(H,20,22). The van der Waals surface area contributed by atoms with Crippen LogP contribution < -0.4 is 5.32 Å². The molecule has 2 aromatic carbocycles. The molecule has 0 heterocycles. The van der Waals surface area contributed by atoms with Crippen molar-refractivity contribution in [2.24, 2.45) is 5.16 Å². The molecule has 0 bridgehead atoms. The molecular formula is C19H18N2O3. The van der Waals surface area contributed by atoms with Crippen LogP contribution in [0.3, 0.4) is 0 Å². The maximum Gasteiger partial charge on any atom is 0.407 e. The van der Waals surface area contributed by atoms with Gasteiger partial charge in [-0.2, -0.15) is 0 Å². The molecule has 0 aliphatic carbocycles. The minimum Gasteiger partial charge on any atom is -0.445 e. The third kappa shape index (κ3) is 6.24. The number of oxime groups is 1. The third-order valence-corrected chi connectivity index (χ3v) is 3.06. The van der Waals surface area contributed by atoms with Gasteiger partial charge in [-0.3, -0.25) is 0 Å². The number of carbonyl (C=O) groups is 1. The Morgan fingerprint density at radius 1 is 1.21 bits per heavy atom. The lowest BCUT2D eigenvalue weighted by Gasteiger charge is -2.05. The first-order valence-corrected chi connectivity index (χ1v) is 7.49. The number of alkyl carbamates (subject to hydrolysis) is 1. The fraction of sp³-hybridized carbons (Fsp3) is 0.158. The molecule has 2 N–H and O–H groups in total. The second kappa shape index (κ2) is 9.70. The van der Waals surface area contributed by atoms with Crippen LogP contribution in [0.25, 0.3) is 0 Å². The van der Waals surface area contributed by atoms with Gasteiger partial charge in [0.05, 0.1) is 6.21 Å². The Morgan fingerprint density at radius 3 is 2.83 bits per heavy atom. The number of amides is 1. The van der Waals surface area contributed by atoms with E-state index in [1.165, 1.54) is 6.21 Å². The summed E-state index contributed by atoms with van der Waals surface area (Å²) in [6.45, 7) is 0.663. The number of nitrogens with zero attached hydrogens (tertiary/aromatic N) is 1. The zero-order chi connectivity index (χ0) is 17.0. The van der Waals surface area contributed by atoms with Crippen molar-refractivity contribution < 1.29 is 14.7 Å². The molecular weight excluding hydrogens is 304 g/mol. The molecule has 0 unspecified atom stereocenters. The fourth-order valence-electron chi connectivity index (χ4n) is 1.93. The molecule has 1 amide bonds. The number of hydrogen-bond acceptors (Lipinski definition) is 4. The summed E-state index contributed by atoms with van der Waals surface area (Å²) < 4.78 is 5.10. The highest BCUT2D eigenvalue weighted by Crippen LogP contribution is 2.02. The van der Waals surface area contributed by atoms with Crippen molar-refractivity contribution in [2.75, 3.05) is 6.54 Å². The Bertz CT molecular complexity index is 746. The number of rotatable bonds is 5. The lowest BCUT2D eigenvalue weighted by molar-refractivity contribution is 0.140. The van der Waals surface area contributed by atoms with Crippen LogP contribution in [0.1, 0.15) is 23.1 Å². The van der Waals surface area contributed by atoms with E-state index in [-0.39, 0.29) is 6.61 Å². The van der Waals surface area contributed by atoms with Gasteiger partial charge in [0.1, 0.15) is 6.61 Å². The Hall–Kier alpha value is -3.26. The molecule has 0 saturated carbocycles. The van der Waals surface area contributed by atoms with Crippen molar-refractivity contribution >= 4 is 12.3 Å². The topological polar surface area (TPSA) is 70.9 Å². The minimum atomic E-state index is -0.457. The largest absolute Gasteiger partial charge is 0.445 e. The van der Waals surface area contributed by atoms with E-state index in [0.29, 0.717) is 13.0 Å². The molecule has 0 aromatic heterocycles. The van der Waals surface area contributed by atoms with Crippen LogP contribution in [-0.2, 0) is 11.3 Å².